The van der Waals surface area contributed by atoms with Crippen LogP contribution in [0.2, 0.25) is 0 Å². The second-order valence-electron chi connectivity index (χ2n) is 8.92. The van der Waals surface area contributed by atoms with Gasteiger partial charge in [-0.05, 0) is 47.4 Å². The number of carboxylic acids is 1. The maximum absolute atomic E-state index is 12.8. The second kappa shape index (κ2) is 8.65. The van der Waals surface area contributed by atoms with Crippen LogP contribution in [0.15, 0.2) is 48.5 Å². The number of rotatable bonds is 7. The summed E-state index contributed by atoms with van der Waals surface area (Å²) in [4.78, 5) is 37.0. The first-order chi connectivity index (χ1) is 15.3. The number of hydrogen-bond donors (Lipinski definition) is 3. The van der Waals surface area contributed by atoms with Crippen LogP contribution in [0.1, 0.15) is 50.2 Å². The van der Waals surface area contributed by atoms with Crippen LogP contribution < -0.4 is 10.6 Å². The molecule has 0 aromatic heterocycles. The van der Waals surface area contributed by atoms with Gasteiger partial charge in [0.05, 0.1) is 0 Å². The lowest BCUT2D eigenvalue weighted by Crippen LogP contribution is -2.63. The van der Waals surface area contributed by atoms with Crippen molar-refractivity contribution in [3.8, 4) is 11.1 Å². The van der Waals surface area contributed by atoms with Gasteiger partial charge in [-0.25, -0.2) is 9.59 Å². The molecule has 4 rings (SSSR count). The van der Waals surface area contributed by atoms with Crippen LogP contribution in [0.4, 0.5) is 4.79 Å². The van der Waals surface area contributed by atoms with Gasteiger partial charge in [0.2, 0.25) is 5.91 Å². The molecule has 2 aliphatic rings. The molecule has 7 heteroatoms. The fourth-order valence-electron chi connectivity index (χ4n) is 4.54. The summed E-state index contributed by atoms with van der Waals surface area (Å²) in [5.41, 5.74) is 3.25. The van der Waals surface area contributed by atoms with Crippen LogP contribution in [0.3, 0.4) is 0 Å². The first-order valence-corrected chi connectivity index (χ1v) is 11.0. The number of benzene rings is 2. The summed E-state index contributed by atoms with van der Waals surface area (Å²) in [6.45, 7) is 3.73. The smallest absolute Gasteiger partial charge is 0.407 e. The number of carbonyl (C=O) groups is 3. The van der Waals surface area contributed by atoms with Crippen molar-refractivity contribution in [1.82, 2.24) is 10.6 Å². The number of amides is 2. The summed E-state index contributed by atoms with van der Waals surface area (Å²) < 4.78 is 5.54. The van der Waals surface area contributed by atoms with E-state index in [1.165, 1.54) is 0 Å². The molecule has 1 saturated carbocycles. The van der Waals surface area contributed by atoms with E-state index in [1.54, 1.807) is 13.8 Å². The Kier molecular flexibility index (Phi) is 5.91. The summed E-state index contributed by atoms with van der Waals surface area (Å²) in [6.07, 6.45) is 0.838. The third-order valence-electron chi connectivity index (χ3n) is 6.55. The molecule has 1 fully saturated rings. The minimum Gasteiger partial charge on any atom is -0.480 e. The molecule has 2 aromatic carbocycles. The largest absolute Gasteiger partial charge is 0.480 e. The van der Waals surface area contributed by atoms with Gasteiger partial charge in [0, 0.05) is 5.92 Å². The van der Waals surface area contributed by atoms with Crippen LogP contribution in [0.5, 0.6) is 0 Å². The molecule has 0 bridgehead atoms. The molecular formula is C25H28N2O5. The highest BCUT2D eigenvalue weighted by Crippen LogP contribution is 2.44. The summed E-state index contributed by atoms with van der Waals surface area (Å²) in [7, 11) is 0. The van der Waals surface area contributed by atoms with Crippen molar-refractivity contribution >= 4 is 18.0 Å². The van der Waals surface area contributed by atoms with Gasteiger partial charge in [-0.2, -0.15) is 0 Å². The van der Waals surface area contributed by atoms with Crippen LogP contribution >= 0.6 is 0 Å². The number of hydrogen-bond acceptors (Lipinski definition) is 4. The molecule has 7 nitrogen and oxygen atoms in total. The fourth-order valence-corrected chi connectivity index (χ4v) is 4.54. The zero-order chi connectivity index (χ0) is 22.9. The van der Waals surface area contributed by atoms with Gasteiger partial charge in [0.25, 0.3) is 0 Å². The molecule has 168 valence electrons. The number of carboxylic acid groups (broad SMARTS) is 1. The van der Waals surface area contributed by atoms with Crippen LogP contribution in [-0.2, 0) is 14.3 Å². The van der Waals surface area contributed by atoms with Crippen molar-refractivity contribution in [2.75, 3.05) is 6.61 Å². The predicted octanol–water partition coefficient (Wildman–Crippen LogP) is 3.67. The number of fused-ring (bicyclic) bond motifs is 3. The Morgan fingerprint density at radius 2 is 1.59 bits per heavy atom. The lowest BCUT2D eigenvalue weighted by Gasteiger charge is -2.39. The zero-order valence-electron chi connectivity index (χ0n) is 18.3. The van der Waals surface area contributed by atoms with E-state index < -0.39 is 29.6 Å². The van der Waals surface area contributed by atoms with Gasteiger partial charge >= 0.3 is 12.1 Å². The van der Waals surface area contributed by atoms with E-state index in [0.717, 1.165) is 28.7 Å². The van der Waals surface area contributed by atoms with Gasteiger partial charge in [-0.15, -0.1) is 0 Å². The molecule has 1 atom stereocenters. The van der Waals surface area contributed by atoms with Gasteiger partial charge in [-0.3, -0.25) is 4.79 Å². The SMILES string of the molecule is CC(C)C(NC(=O)OCC1c2ccccc2-c2ccccc21)C(=O)NC1(C(=O)O)CCC1. The highest BCUT2D eigenvalue weighted by Gasteiger charge is 2.47. The number of ether oxygens (including phenoxy) is 1. The third-order valence-corrected chi connectivity index (χ3v) is 6.55. The van der Waals surface area contributed by atoms with E-state index in [4.69, 9.17) is 4.74 Å². The Labute approximate surface area is 187 Å². The van der Waals surface area contributed by atoms with E-state index in [-0.39, 0.29) is 18.4 Å². The Balaban J connectivity index is 1.41. The standard InChI is InChI=1S/C25H28N2O5/c1-15(2)21(22(28)27-25(23(29)30)12-7-13-25)26-24(31)32-14-20-18-10-5-3-8-16(18)17-9-4-6-11-19(17)20/h3-6,8-11,15,20-21H,7,12-14H2,1-2H3,(H,26,31)(H,27,28)(H,29,30). The first kappa shape index (κ1) is 21.9. The quantitative estimate of drug-likeness (QED) is 0.614. The van der Waals surface area contributed by atoms with Gasteiger partial charge < -0.3 is 20.5 Å². The van der Waals surface area contributed by atoms with Gasteiger partial charge in [0.15, 0.2) is 0 Å². The molecule has 2 aromatic rings. The van der Waals surface area contributed by atoms with Crippen LogP contribution in [0.25, 0.3) is 11.1 Å². The van der Waals surface area contributed by atoms with Gasteiger partial charge in [0.1, 0.15) is 18.2 Å². The monoisotopic (exact) mass is 436 g/mol. The summed E-state index contributed by atoms with van der Waals surface area (Å²) in [5.74, 6) is -1.86. The number of carbonyl (C=O) groups excluding carboxylic acids is 2. The maximum Gasteiger partial charge on any atom is 0.407 e. The molecule has 0 aliphatic heterocycles. The topological polar surface area (TPSA) is 105 Å². The normalized spacial score (nSPS) is 17.0. The van der Waals surface area contributed by atoms with Crippen molar-refractivity contribution in [3.05, 3.63) is 59.7 Å². The number of nitrogens with one attached hydrogen (secondary N) is 2. The van der Waals surface area contributed by atoms with E-state index in [2.05, 4.69) is 22.8 Å². The summed E-state index contributed by atoms with van der Waals surface area (Å²) in [5, 5.41) is 14.7. The van der Waals surface area contributed by atoms with Crippen LogP contribution in [0, 0.1) is 5.92 Å². The van der Waals surface area contributed by atoms with E-state index in [9.17, 15) is 19.5 Å². The Morgan fingerprint density at radius 3 is 2.06 bits per heavy atom. The van der Waals surface area contributed by atoms with Crippen molar-refractivity contribution < 1.29 is 24.2 Å². The minimum absolute atomic E-state index is 0.0790. The zero-order valence-corrected chi connectivity index (χ0v) is 18.3. The average molecular weight is 437 g/mol. The molecule has 0 heterocycles. The van der Waals surface area contributed by atoms with Crippen molar-refractivity contribution in [3.63, 3.8) is 0 Å². The fraction of sp³-hybridized carbons (Fsp3) is 0.400. The molecule has 0 radical (unpaired) electrons. The molecule has 2 amide bonds. The lowest BCUT2D eigenvalue weighted by atomic mass is 9.76. The summed E-state index contributed by atoms with van der Waals surface area (Å²) in [6, 6.07) is 15.2. The maximum atomic E-state index is 12.8. The number of alkyl carbamates (subject to hydrolysis) is 1. The molecule has 0 saturated heterocycles. The van der Waals surface area contributed by atoms with Crippen molar-refractivity contribution in [2.24, 2.45) is 5.92 Å². The highest BCUT2D eigenvalue weighted by molar-refractivity contribution is 5.92. The molecule has 2 aliphatic carbocycles. The molecule has 32 heavy (non-hydrogen) atoms. The molecule has 1 unspecified atom stereocenters. The van der Waals surface area contributed by atoms with Crippen molar-refractivity contribution in [2.45, 2.75) is 50.6 Å². The Bertz CT molecular complexity index is 999. The Hall–Kier alpha value is -3.35. The van der Waals surface area contributed by atoms with Gasteiger partial charge in [-0.1, -0.05) is 62.4 Å². The molecular weight excluding hydrogens is 408 g/mol. The van der Waals surface area contributed by atoms with Crippen molar-refractivity contribution in [1.29, 1.82) is 0 Å². The first-order valence-electron chi connectivity index (χ1n) is 11.0. The van der Waals surface area contributed by atoms with E-state index in [1.807, 2.05) is 36.4 Å². The lowest BCUT2D eigenvalue weighted by molar-refractivity contribution is -0.152. The highest BCUT2D eigenvalue weighted by atomic mass is 16.5. The van der Waals surface area contributed by atoms with E-state index >= 15 is 0 Å². The third kappa shape index (κ3) is 3.95. The molecule has 0 spiro atoms. The minimum atomic E-state index is -1.23. The summed E-state index contributed by atoms with van der Waals surface area (Å²) >= 11 is 0. The van der Waals surface area contributed by atoms with E-state index in [0.29, 0.717) is 12.8 Å². The number of aliphatic carboxylic acids is 1. The predicted molar refractivity (Wildman–Crippen MR) is 119 cm³/mol. The molecule has 3 N–H and O–H groups in total. The average Bonchev–Trinajstić information content (AvgIpc) is 3.06. The van der Waals surface area contributed by atoms with Crippen LogP contribution in [-0.4, -0.2) is 41.3 Å². The second-order valence-corrected chi connectivity index (χ2v) is 8.92. The Morgan fingerprint density at radius 1 is 1.03 bits per heavy atom.